The van der Waals surface area contributed by atoms with E-state index in [1.807, 2.05) is 0 Å². The molecular weight excluding hydrogens is 186 g/mol. The SMILES string of the molecule is CC1CCC(NCC2CCCOC2)CC1. The maximum atomic E-state index is 5.50. The average Bonchev–Trinajstić information content (AvgIpc) is 2.30. The van der Waals surface area contributed by atoms with Gasteiger partial charge in [0.2, 0.25) is 0 Å². The van der Waals surface area contributed by atoms with Crippen LogP contribution in [0.4, 0.5) is 0 Å². The van der Waals surface area contributed by atoms with Crippen molar-refractivity contribution in [2.24, 2.45) is 11.8 Å². The van der Waals surface area contributed by atoms with Crippen molar-refractivity contribution in [3.63, 3.8) is 0 Å². The Bertz CT molecular complexity index is 169. The topological polar surface area (TPSA) is 21.3 Å². The number of hydrogen-bond donors (Lipinski definition) is 1. The quantitative estimate of drug-likeness (QED) is 0.774. The summed E-state index contributed by atoms with van der Waals surface area (Å²) in [4.78, 5) is 0. The first-order valence-electron chi connectivity index (χ1n) is 6.65. The Kier molecular flexibility index (Phi) is 4.45. The molecule has 0 amide bonds. The second kappa shape index (κ2) is 5.86. The Labute approximate surface area is 93.8 Å². The highest BCUT2D eigenvalue weighted by Crippen LogP contribution is 2.23. The van der Waals surface area contributed by atoms with E-state index < -0.39 is 0 Å². The summed E-state index contributed by atoms with van der Waals surface area (Å²) in [5.41, 5.74) is 0. The van der Waals surface area contributed by atoms with E-state index in [1.54, 1.807) is 0 Å². The van der Waals surface area contributed by atoms with E-state index in [2.05, 4.69) is 12.2 Å². The van der Waals surface area contributed by atoms with E-state index in [1.165, 1.54) is 45.1 Å². The molecule has 15 heavy (non-hydrogen) atoms. The molecule has 0 aromatic rings. The second-order valence-corrected chi connectivity index (χ2v) is 5.45. The van der Waals surface area contributed by atoms with Crippen LogP contribution in [-0.2, 0) is 4.74 Å². The van der Waals surface area contributed by atoms with Gasteiger partial charge >= 0.3 is 0 Å². The summed E-state index contributed by atoms with van der Waals surface area (Å²) >= 11 is 0. The maximum Gasteiger partial charge on any atom is 0.0506 e. The van der Waals surface area contributed by atoms with Crippen LogP contribution in [0.5, 0.6) is 0 Å². The van der Waals surface area contributed by atoms with Crippen molar-refractivity contribution in [1.29, 1.82) is 0 Å². The Hall–Kier alpha value is -0.0800. The third-order valence-electron chi connectivity index (χ3n) is 3.97. The molecular formula is C13H25NO. The molecule has 2 rings (SSSR count). The van der Waals surface area contributed by atoms with Crippen molar-refractivity contribution >= 4 is 0 Å². The molecule has 2 fully saturated rings. The fourth-order valence-corrected chi connectivity index (χ4v) is 2.77. The molecule has 1 heterocycles. The zero-order chi connectivity index (χ0) is 10.5. The van der Waals surface area contributed by atoms with Gasteiger partial charge in [0.15, 0.2) is 0 Å². The van der Waals surface area contributed by atoms with Gasteiger partial charge < -0.3 is 10.1 Å². The molecule has 0 bridgehead atoms. The van der Waals surface area contributed by atoms with Crippen molar-refractivity contribution < 1.29 is 4.74 Å². The largest absolute Gasteiger partial charge is 0.381 e. The summed E-state index contributed by atoms with van der Waals surface area (Å²) in [7, 11) is 0. The van der Waals surface area contributed by atoms with Gasteiger partial charge in [0.05, 0.1) is 6.61 Å². The molecule has 0 aromatic heterocycles. The van der Waals surface area contributed by atoms with Gasteiger partial charge in [-0.25, -0.2) is 0 Å². The Balaban J connectivity index is 1.60. The van der Waals surface area contributed by atoms with Crippen molar-refractivity contribution in [3.8, 4) is 0 Å². The lowest BCUT2D eigenvalue weighted by Crippen LogP contribution is -2.38. The van der Waals surface area contributed by atoms with Crippen molar-refractivity contribution in [3.05, 3.63) is 0 Å². The third-order valence-corrected chi connectivity index (χ3v) is 3.97. The van der Waals surface area contributed by atoms with E-state index >= 15 is 0 Å². The minimum absolute atomic E-state index is 0.776. The molecule has 2 aliphatic rings. The van der Waals surface area contributed by atoms with Gasteiger partial charge in [0.1, 0.15) is 0 Å². The van der Waals surface area contributed by atoms with Gasteiger partial charge in [0, 0.05) is 19.2 Å². The number of nitrogens with one attached hydrogen (secondary N) is 1. The molecule has 2 nitrogen and oxygen atoms in total. The highest BCUT2D eigenvalue weighted by atomic mass is 16.5. The van der Waals surface area contributed by atoms with Crippen LogP contribution >= 0.6 is 0 Å². The molecule has 1 saturated carbocycles. The van der Waals surface area contributed by atoms with Crippen molar-refractivity contribution in [2.45, 2.75) is 51.5 Å². The van der Waals surface area contributed by atoms with Gasteiger partial charge in [0.25, 0.3) is 0 Å². The van der Waals surface area contributed by atoms with Gasteiger partial charge in [-0.15, -0.1) is 0 Å². The van der Waals surface area contributed by atoms with E-state index in [9.17, 15) is 0 Å². The van der Waals surface area contributed by atoms with Crippen LogP contribution in [0.3, 0.4) is 0 Å². The van der Waals surface area contributed by atoms with Crippen molar-refractivity contribution in [2.75, 3.05) is 19.8 Å². The van der Waals surface area contributed by atoms with Gasteiger partial charge in [-0.2, -0.15) is 0 Å². The number of ether oxygens (including phenoxy) is 1. The fourth-order valence-electron chi connectivity index (χ4n) is 2.77. The minimum atomic E-state index is 0.776. The molecule has 1 unspecified atom stereocenters. The molecule has 1 saturated heterocycles. The first-order valence-corrected chi connectivity index (χ1v) is 6.65. The van der Waals surface area contributed by atoms with Crippen molar-refractivity contribution in [1.82, 2.24) is 5.32 Å². The highest BCUT2D eigenvalue weighted by molar-refractivity contribution is 4.77. The number of rotatable bonds is 3. The Morgan fingerprint density at radius 3 is 2.60 bits per heavy atom. The zero-order valence-electron chi connectivity index (χ0n) is 10.0. The summed E-state index contributed by atoms with van der Waals surface area (Å²) < 4.78 is 5.50. The van der Waals surface area contributed by atoms with Gasteiger partial charge in [-0.1, -0.05) is 6.92 Å². The summed E-state index contributed by atoms with van der Waals surface area (Å²) in [6.45, 7) is 5.53. The second-order valence-electron chi connectivity index (χ2n) is 5.45. The van der Waals surface area contributed by atoms with Crippen LogP contribution in [0.25, 0.3) is 0 Å². The summed E-state index contributed by atoms with van der Waals surface area (Å²) in [5, 5.41) is 3.73. The monoisotopic (exact) mass is 211 g/mol. The molecule has 88 valence electrons. The highest BCUT2D eigenvalue weighted by Gasteiger charge is 2.20. The maximum absolute atomic E-state index is 5.50. The first-order chi connectivity index (χ1) is 7.34. The molecule has 1 aliphatic carbocycles. The lowest BCUT2D eigenvalue weighted by atomic mass is 9.87. The zero-order valence-corrected chi connectivity index (χ0v) is 10.0. The normalized spacial score (nSPS) is 37.8. The average molecular weight is 211 g/mol. The predicted molar refractivity (Wildman–Crippen MR) is 63.0 cm³/mol. The molecule has 1 aliphatic heterocycles. The molecule has 1 N–H and O–H groups in total. The van der Waals surface area contributed by atoms with E-state index in [-0.39, 0.29) is 0 Å². The molecule has 1 atom stereocenters. The van der Waals surface area contributed by atoms with Crippen LogP contribution in [0.15, 0.2) is 0 Å². The Morgan fingerprint density at radius 1 is 1.13 bits per heavy atom. The smallest absolute Gasteiger partial charge is 0.0506 e. The van der Waals surface area contributed by atoms with E-state index in [4.69, 9.17) is 4.74 Å². The lowest BCUT2D eigenvalue weighted by Gasteiger charge is -2.29. The fraction of sp³-hybridized carbons (Fsp3) is 1.00. The van der Waals surface area contributed by atoms with Crippen LogP contribution in [0.1, 0.15) is 45.4 Å². The molecule has 0 aromatic carbocycles. The van der Waals surface area contributed by atoms with Crippen LogP contribution < -0.4 is 5.32 Å². The summed E-state index contributed by atoms with van der Waals surface area (Å²) in [5.74, 6) is 1.74. The molecule has 0 radical (unpaired) electrons. The summed E-state index contributed by atoms with van der Waals surface area (Å²) in [6, 6.07) is 0.795. The van der Waals surface area contributed by atoms with Gasteiger partial charge in [-0.05, 0) is 50.4 Å². The predicted octanol–water partition coefficient (Wildman–Crippen LogP) is 2.58. The minimum Gasteiger partial charge on any atom is -0.381 e. The summed E-state index contributed by atoms with van der Waals surface area (Å²) in [6.07, 6.45) is 8.21. The lowest BCUT2D eigenvalue weighted by molar-refractivity contribution is 0.0530. The van der Waals surface area contributed by atoms with Crippen LogP contribution in [0, 0.1) is 11.8 Å². The van der Waals surface area contributed by atoms with Crippen LogP contribution in [-0.4, -0.2) is 25.8 Å². The van der Waals surface area contributed by atoms with Gasteiger partial charge in [-0.3, -0.25) is 0 Å². The number of hydrogen-bond acceptors (Lipinski definition) is 2. The first kappa shape index (κ1) is 11.4. The standard InChI is InChI=1S/C13H25NO/c1-11-4-6-13(7-5-11)14-9-12-3-2-8-15-10-12/h11-14H,2-10H2,1H3. The van der Waals surface area contributed by atoms with E-state index in [0.717, 1.165) is 31.1 Å². The van der Waals surface area contributed by atoms with Crippen LogP contribution in [0.2, 0.25) is 0 Å². The Morgan fingerprint density at radius 2 is 1.93 bits per heavy atom. The third kappa shape index (κ3) is 3.76. The van der Waals surface area contributed by atoms with E-state index in [0.29, 0.717) is 0 Å². The molecule has 2 heteroatoms. The molecule has 0 spiro atoms.